The van der Waals surface area contributed by atoms with Crippen LogP contribution in [0.1, 0.15) is 20.8 Å². The number of likely N-dealkylation sites (N-methyl/N-ethyl adjacent to an activating group) is 2. The van der Waals surface area contributed by atoms with E-state index in [0.717, 1.165) is 13.1 Å². The maximum Gasteiger partial charge on any atom is 0.252 e. The van der Waals surface area contributed by atoms with Gasteiger partial charge in [0.05, 0.1) is 6.61 Å². The van der Waals surface area contributed by atoms with E-state index in [-0.39, 0.29) is 17.4 Å². The van der Waals surface area contributed by atoms with Crippen molar-refractivity contribution in [2.75, 3.05) is 46.4 Å². The zero-order chi connectivity index (χ0) is 13.8. The maximum absolute atomic E-state index is 12.3. The zero-order valence-corrected chi connectivity index (χ0v) is 12.1. The molecule has 0 aromatic heterocycles. The highest BCUT2D eigenvalue weighted by Gasteiger charge is 2.30. The largest absolute Gasteiger partial charge is 0.366 e. The summed E-state index contributed by atoms with van der Waals surface area (Å²) in [5.74, 6) is 0.0645. The summed E-state index contributed by atoms with van der Waals surface area (Å²) < 4.78 is 5.58. The minimum Gasteiger partial charge on any atom is -0.366 e. The van der Waals surface area contributed by atoms with Gasteiger partial charge in [0.2, 0.25) is 0 Å². The molecule has 0 spiro atoms. The number of hydrogen-bond donors (Lipinski definition) is 1. The van der Waals surface area contributed by atoms with E-state index in [9.17, 15) is 4.79 Å². The van der Waals surface area contributed by atoms with E-state index in [1.807, 2.05) is 7.05 Å². The topological polar surface area (TPSA) is 58.8 Å². The van der Waals surface area contributed by atoms with Crippen LogP contribution in [0.5, 0.6) is 0 Å². The van der Waals surface area contributed by atoms with Gasteiger partial charge in [-0.1, -0.05) is 20.8 Å². The van der Waals surface area contributed by atoms with Gasteiger partial charge in [0.1, 0.15) is 6.10 Å². The van der Waals surface area contributed by atoms with Crippen LogP contribution >= 0.6 is 0 Å². The Morgan fingerprint density at radius 2 is 2.22 bits per heavy atom. The number of carbonyl (C=O) groups is 1. The van der Waals surface area contributed by atoms with Crippen molar-refractivity contribution in [2.45, 2.75) is 26.9 Å². The quantitative estimate of drug-likeness (QED) is 0.762. The van der Waals surface area contributed by atoms with E-state index < -0.39 is 0 Å². The lowest BCUT2D eigenvalue weighted by atomic mass is 9.93. The van der Waals surface area contributed by atoms with E-state index >= 15 is 0 Å². The van der Waals surface area contributed by atoms with Crippen molar-refractivity contribution in [1.29, 1.82) is 0 Å². The Bertz CT molecular complexity index is 281. The van der Waals surface area contributed by atoms with Crippen molar-refractivity contribution in [3.63, 3.8) is 0 Å². The second-order valence-electron chi connectivity index (χ2n) is 5.82. The summed E-state index contributed by atoms with van der Waals surface area (Å²) >= 11 is 0. The molecule has 0 saturated carbocycles. The average molecular weight is 257 g/mol. The second-order valence-corrected chi connectivity index (χ2v) is 5.82. The fourth-order valence-electron chi connectivity index (χ4n) is 2.17. The first-order valence-electron chi connectivity index (χ1n) is 6.68. The van der Waals surface area contributed by atoms with Crippen molar-refractivity contribution in [3.05, 3.63) is 0 Å². The molecule has 1 aliphatic heterocycles. The highest BCUT2D eigenvalue weighted by molar-refractivity contribution is 5.81. The lowest BCUT2D eigenvalue weighted by Crippen LogP contribution is -2.51. The van der Waals surface area contributed by atoms with Crippen LogP contribution in [0.4, 0.5) is 0 Å². The third-order valence-corrected chi connectivity index (χ3v) is 3.47. The van der Waals surface area contributed by atoms with Gasteiger partial charge in [0.25, 0.3) is 5.91 Å². The summed E-state index contributed by atoms with van der Waals surface area (Å²) in [4.78, 5) is 16.3. The molecule has 1 saturated heterocycles. The van der Waals surface area contributed by atoms with E-state index in [1.54, 1.807) is 4.90 Å². The van der Waals surface area contributed by atoms with E-state index in [4.69, 9.17) is 10.5 Å². The minimum atomic E-state index is -0.322. The van der Waals surface area contributed by atoms with Gasteiger partial charge in [0.15, 0.2) is 0 Å². The third-order valence-electron chi connectivity index (χ3n) is 3.47. The van der Waals surface area contributed by atoms with Gasteiger partial charge in [-0.05, 0) is 18.5 Å². The Hall–Kier alpha value is -0.650. The Morgan fingerprint density at radius 3 is 2.78 bits per heavy atom. The second kappa shape index (κ2) is 6.50. The van der Waals surface area contributed by atoms with Crippen molar-refractivity contribution < 1.29 is 9.53 Å². The van der Waals surface area contributed by atoms with Crippen molar-refractivity contribution >= 4 is 5.91 Å². The normalized spacial score (nSPS) is 21.9. The maximum atomic E-state index is 12.3. The van der Waals surface area contributed by atoms with Crippen molar-refractivity contribution in [3.8, 4) is 0 Å². The molecule has 106 valence electrons. The summed E-state index contributed by atoms with van der Waals surface area (Å²) in [6, 6.07) is 0. The fraction of sp³-hybridized carbons (Fsp3) is 0.923. The van der Waals surface area contributed by atoms with Gasteiger partial charge in [-0.25, -0.2) is 0 Å². The van der Waals surface area contributed by atoms with Gasteiger partial charge in [0, 0.05) is 26.7 Å². The summed E-state index contributed by atoms with van der Waals surface area (Å²) in [6.45, 7) is 10.7. The molecule has 1 rings (SSSR count). The zero-order valence-electron chi connectivity index (χ0n) is 12.1. The molecule has 0 bridgehead atoms. The minimum absolute atomic E-state index is 0.0521. The molecule has 1 amide bonds. The molecule has 5 nitrogen and oxygen atoms in total. The molecule has 2 N–H and O–H groups in total. The monoisotopic (exact) mass is 257 g/mol. The molecular formula is C13H27N3O2. The van der Waals surface area contributed by atoms with E-state index in [2.05, 4.69) is 25.7 Å². The Kier molecular flexibility index (Phi) is 5.56. The predicted molar refractivity (Wildman–Crippen MR) is 72.3 cm³/mol. The first kappa shape index (κ1) is 15.4. The molecule has 5 heteroatoms. The SMILES string of the molecule is CCN1CCOC(C(=O)N(C)CC(C)(C)CN)C1. The molecule has 0 aromatic rings. The van der Waals surface area contributed by atoms with Crippen molar-refractivity contribution in [2.24, 2.45) is 11.1 Å². The van der Waals surface area contributed by atoms with Crippen LogP contribution in [0.15, 0.2) is 0 Å². The Balaban J connectivity index is 2.52. The third kappa shape index (κ3) is 4.23. The van der Waals surface area contributed by atoms with Gasteiger partial charge < -0.3 is 15.4 Å². The number of amides is 1. The average Bonchev–Trinajstić information content (AvgIpc) is 2.37. The number of hydrogen-bond acceptors (Lipinski definition) is 4. The highest BCUT2D eigenvalue weighted by atomic mass is 16.5. The number of morpholine rings is 1. The van der Waals surface area contributed by atoms with Gasteiger partial charge in [-0.3, -0.25) is 9.69 Å². The van der Waals surface area contributed by atoms with Crippen LogP contribution in [0.25, 0.3) is 0 Å². The number of nitrogens with zero attached hydrogens (tertiary/aromatic N) is 2. The lowest BCUT2D eigenvalue weighted by Gasteiger charge is -2.35. The first-order valence-corrected chi connectivity index (χ1v) is 6.68. The van der Waals surface area contributed by atoms with Crippen LogP contribution < -0.4 is 5.73 Å². The molecular weight excluding hydrogens is 230 g/mol. The summed E-state index contributed by atoms with van der Waals surface area (Å²) in [5.41, 5.74) is 5.65. The molecule has 18 heavy (non-hydrogen) atoms. The highest BCUT2D eigenvalue weighted by Crippen LogP contribution is 2.16. The Labute approximate surface area is 110 Å². The Morgan fingerprint density at radius 1 is 1.56 bits per heavy atom. The van der Waals surface area contributed by atoms with E-state index in [1.165, 1.54) is 0 Å². The summed E-state index contributed by atoms with van der Waals surface area (Å²) in [6.07, 6.45) is -0.322. The standard InChI is InChI=1S/C13H27N3O2/c1-5-16-6-7-18-11(8-16)12(17)15(4)10-13(2,3)9-14/h11H,5-10,14H2,1-4H3. The van der Waals surface area contributed by atoms with Crippen molar-refractivity contribution in [1.82, 2.24) is 9.80 Å². The molecule has 0 radical (unpaired) electrons. The molecule has 1 unspecified atom stereocenters. The molecule has 0 aromatic carbocycles. The lowest BCUT2D eigenvalue weighted by molar-refractivity contribution is -0.149. The molecule has 1 fully saturated rings. The number of ether oxygens (including phenoxy) is 1. The number of rotatable bonds is 5. The fourth-order valence-corrected chi connectivity index (χ4v) is 2.17. The van der Waals surface area contributed by atoms with Crippen LogP contribution in [0.3, 0.4) is 0 Å². The van der Waals surface area contributed by atoms with Crippen LogP contribution in [-0.2, 0) is 9.53 Å². The summed E-state index contributed by atoms with van der Waals surface area (Å²) in [5, 5.41) is 0. The molecule has 1 heterocycles. The van der Waals surface area contributed by atoms with Gasteiger partial charge >= 0.3 is 0 Å². The molecule has 0 aliphatic carbocycles. The number of carbonyl (C=O) groups excluding carboxylic acids is 1. The number of nitrogens with two attached hydrogens (primary N) is 1. The molecule has 1 atom stereocenters. The predicted octanol–water partition coefficient (Wildman–Crippen LogP) is 0.150. The van der Waals surface area contributed by atoms with Crippen LogP contribution in [-0.4, -0.2) is 68.2 Å². The van der Waals surface area contributed by atoms with Gasteiger partial charge in [-0.2, -0.15) is 0 Å². The summed E-state index contributed by atoms with van der Waals surface area (Å²) in [7, 11) is 1.83. The van der Waals surface area contributed by atoms with E-state index in [0.29, 0.717) is 26.2 Å². The van der Waals surface area contributed by atoms with Crippen LogP contribution in [0, 0.1) is 5.41 Å². The first-order chi connectivity index (χ1) is 8.39. The molecule has 1 aliphatic rings. The smallest absolute Gasteiger partial charge is 0.252 e. The van der Waals surface area contributed by atoms with Gasteiger partial charge in [-0.15, -0.1) is 0 Å². The van der Waals surface area contributed by atoms with Crippen LogP contribution in [0.2, 0.25) is 0 Å².